The highest BCUT2D eigenvalue weighted by atomic mass is 32.1. The number of thiazole rings is 1. The number of methoxy groups -OCH3 is 3. The molecule has 2 fully saturated rings. The summed E-state index contributed by atoms with van der Waals surface area (Å²) in [4.78, 5) is 47.0. The van der Waals surface area contributed by atoms with Crippen LogP contribution in [0.1, 0.15) is 71.3 Å². The van der Waals surface area contributed by atoms with E-state index < -0.39 is 6.04 Å². The van der Waals surface area contributed by atoms with Gasteiger partial charge in [0.05, 0.1) is 38.0 Å². The van der Waals surface area contributed by atoms with Crippen LogP contribution in [-0.2, 0) is 9.53 Å². The van der Waals surface area contributed by atoms with E-state index in [0.29, 0.717) is 54.6 Å². The molecule has 11 heteroatoms. The lowest BCUT2D eigenvalue weighted by Crippen LogP contribution is -2.42. The molecule has 1 unspecified atom stereocenters. The van der Waals surface area contributed by atoms with Gasteiger partial charge in [-0.1, -0.05) is 0 Å². The quantitative estimate of drug-likeness (QED) is 0.462. The van der Waals surface area contributed by atoms with Gasteiger partial charge >= 0.3 is 5.97 Å². The average Bonchev–Trinajstić information content (AvgIpc) is 3.62. The van der Waals surface area contributed by atoms with Crippen LogP contribution in [0.4, 0.5) is 0 Å². The monoisotopic (exact) mass is 545 g/mol. The Kier molecular flexibility index (Phi) is 8.76. The molecule has 10 nitrogen and oxygen atoms in total. The molecule has 4 rings (SSSR count). The number of rotatable bonds is 8. The van der Waals surface area contributed by atoms with E-state index in [9.17, 15) is 14.4 Å². The summed E-state index contributed by atoms with van der Waals surface area (Å²) in [6.45, 7) is 5.23. The van der Waals surface area contributed by atoms with Crippen molar-refractivity contribution in [3.05, 3.63) is 33.8 Å². The van der Waals surface area contributed by atoms with Crippen LogP contribution in [-0.4, -0.2) is 85.7 Å². The van der Waals surface area contributed by atoms with Crippen LogP contribution >= 0.6 is 11.3 Å². The second-order valence-corrected chi connectivity index (χ2v) is 10.6. The minimum Gasteiger partial charge on any atom is -0.493 e. The Hall–Kier alpha value is -3.34. The first kappa shape index (κ1) is 27.7. The Balaban J connectivity index is 1.40. The van der Waals surface area contributed by atoms with Crippen LogP contribution in [0, 0.1) is 0 Å². The van der Waals surface area contributed by atoms with Gasteiger partial charge in [0.25, 0.3) is 11.8 Å². The van der Waals surface area contributed by atoms with Gasteiger partial charge in [-0.15, -0.1) is 11.3 Å². The number of carbonyl (C=O) groups excluding carboxylic acids is 3. The smallest absolute Gasteiger partial charge is 0.329 e. The SMILES string of the molecule is COc1ccc(C(=O)N2CCC(c3nc(C(=O)N4CCCC4C(=O)OC(C)C)cs3)CC2)c(OC)c1OC. The molecule has 3 heterocycles. The molecule has 38 heavy (non-hydrogen) atoms. The Morgan fingerprint density at radius 1 is 0.947 bits per heavy atom. The van der Waals surface area contributed by atoms with Crippen molar-refractivity contribution in [1.29, 1.82) is 0 Å². The second kappa shape index (κ2) is 12.0. The van der Waals surface area contributed by atoms with Crippen LogP contribution < -0.4 is 14.2 Å². The molecule has 2 aromatic rings. The average molecular weight is 546 g/mol. The maximum absolute atomic E-state index is 13.3. The number of nitrogens with zero attached hydrogens (tertiary/aromatic N) is 3. The maximum Gasteiger partial charge on any atom is 0.329 e. The van der Waals surface area contributed by atoms with Crippen LogP contribution in [0.25, 0.3) is 0 Å². The van der Waals surface area contributed by atoms with Crippen molar-refractivity contribution in [3.8, 4) is 17.2 Å². The first-order chi connectivity index (χ1) is 18.3. The molecule has 2 saturated heterocycles. The number of aromatic nitrogens is 1. The lowest BCUT2D eigenvalue weighted by atomic mass is 9.96. The number of amides is 2. The predicted octanol–water partition coefficient (Wildman–Crippen LogP) is 3.74. The molecular weight excluding hydrogens is 510 g/mol. The third kappa shape index (κ3) is 5.57. The number of piperidine rings is 1. The number of hydrogen-bond donors (Lipinski definition) is 0. The molecular formula is C27H35N3O7S. The molecule has 206 valence electrons. The largest absolute Gasteiger partial charge is 0.493 e. The molecule has 2 aliphatic heterocycles. The number of carbonyl (C=O) groups is 3. The summed E-state index contributed by atoms with van der Waals surface area (Å²) in [6, 6.07) is 2.83. The molecule has 0 bridgehead atoms. The van der Waals surface area contributed by atoms with Crippen LogP contribution in [0.5, 0.6) is 17.2 Å². The number of ether oxygens (including phenoxy) is 4. The van der Waals surface area contributed by atoms with Crippen molar-refractivity contribution in [3.63, 3.8) is 0 Å². The van der Waals surface area contributed by atoms with E-state index in [-0.39, 0.29) is 29.8 Å². The fraction of sp³-hybridized carbons (Fsp3) is 0.556. The lowest BCUT2D eigenvalue weighted by Gasteiger charge is -2.31. The Labute approximate surface area is 226 Å². The van der Waals surface area contributed by atoms with Crippen molar-refractivity contribution >= 4 is 29.1 Å². The fourth-order valence-corrected chi connectivity index (χ4v) is 6.02. The number of benzene rings is 1. The Morgan fingerprint density at radius 3 is 2.29 bits per heavy atom. The van der Waals surface area contributed by atoms with E-state index in [1.807, 2.05) is 0 Å². The molecule has 1 atom stereocenters. The van der Waals surface area contributed by atoms with Gasteiger partial charge in [-0.05, 0) is 51.7 Å². The van der Waals surface area contributed by atoms with Gasteiger partial charge in [0.15, 0.2) is 11.5 Å². The molecule has 1 aromatic heterocycles. The van der Waals surface area contributed by atoms with Crippen LogP contribution in [0.15, 0.2) is 17.5 Å². The van der Waals surface area contributed by atoms with E-state index in [0.717, 1.165) is 24.3 Å². The molecule has 0 spiro atoms. The first-order valence-electron chi connectivity index (χ1n) is 12.8. The number of hydrogen-bond acceptors (Lipinski definition) is 9. The standard InChI is InChI=1S/C27H35N3O7S/c1-16(2)37-27(33)20-7-6-12-30(20)26(32)19-15-38-24(28-19)17-10-13-29(14-11-17)25(31)18-8-9-21(34-3)23(36-5)22(18)35-4/h8-9,15-17,20H,6-7,10-14H2,1-5H3. The van der Waals surface area contributed by atoms with Crippen molar-refractivity contribution in [2.45, 2.75) is 57.6 Å². The Bertz CT molecular complexity index is 1170. The maximum atomic E-state index is 13.3. The summed E-state index contributed by atoms with van der Waals surface area (Å²) in [5.74, 6) is 0.648. The van der Waals surface area contributed by atoms with Gasteiger partial charge in [-0.3, -0.25) is 9.59 Å². The zero-order valence-electron chi connectivity index (χ0n) is 22.5. The topological polar surface area (TPSA) is 108 Å². The molecule has 0 aliphatic carbocycles. The highest BCUT2D eigenvalue weighted by molar-refractivity contribution is 7.09. The van der Waals surface area contributed by atoms with Crippen molar-refractivity contribution in [2.75, 3.05) is 41.0 Å². The molecule has 2 aliphatic rings. The van der Waals surface area contributed by atoms with Crippen molar-refractivity contribution in [2.24, 2.45) is 0 Å². The van der Waals surface area contributed by atoms with Crippen LogP contribution in [0.2, 0.25) is 0 Å². The van der Waals surface area contributed by atoms with Gasteiger partial charge in [-0.25, -0.2) is 9.78 Å². The number of likely N-dealkylation sites (tertiary alicyclic amines) is 2. The minimum atomic E-state index is -0.558. The van der Waals surface area contributed by atoms with E-state index >= 15 is 0 Å². The van der Waals surface area contributed by atoms with Gasteiger partial charge < -0.3 is 28.7 Å². The van der Waals surface area contributed by atoms with Crippen molar-refractivity contribution < 1.29 is 33.3 Å². The second-order valence-electron chi connectivity index (χ2n) is 9.66. The summed E-state index contributed by atoms with van der Waals surface area (Å²) in [5.41, 5.74) is 0.782. The van der Waals surface area contributed by atoms with Crippen LogP contribution in [0.3, 0.4) is 0 Å². The zero-order chi connectivity index (χ0) is 27.4. The summed E-state index contributed by atoms with van der Waals surface area (Å²) >= 11 is 1.46. The molecule has 2 amide bonds. The molecule has 0 saturated carbocycles. The summed E-state index contributed by atoms with van der Waals surface area (Å²) in [6.07, 6.45) is 2.60. The van der Waals surface area contributed by atoms with Gasteiger partial charge in [0, 0.05) is 30.9 Å². The van der Waals surface area contributed by atoms with Gasteiger partial charge in [0.2, 0.25) is 5.75 Å². The summed E-state index contributed by atoms with van der Waals surface area (Å²) < 4.78 is 21.6. The third-order valence-corrected chi connectivity index (χ3v) is 7.95. The zero-order valence-corrected chi connectivity index (χ0v) is 23.3. The van der Waals surface area contributed by atoms with E-state index in [1.54, 1.807) is 41.2 Å². The lowest BCUT2D eigenvalue weighted by molar-refractivity contribution is -0.152. The summed E-state index contributed by atoms with van der Waals surface area (Å²) in [7, 11) is 4.54. The fourth-order valence-electron chi connectivity index (χ4n) is 5.06. The minimum absolute atomic E-state index is 0.135. The van der Waals surface area contributed by atoms with Crippen molar-refractivity contribution in [1.82, 2.24) is 14.8 Å². The molecule has 1 aromatic carbocycles. The number of esters is 1. The Morgan fingerprint density at radius 2 is 1.66 bits per heavy atom. The third-order valence-electron chi connectivity index (χ3n) is 6.94. The predicted molar refractivity (Wildman–Crippen MR) is 141 cm³/mol. The first-order valence-corrected chi connectivity index (χ1v) is 13.7. The van der Waals surface area contributed by atoms with Gasteiger partial charge in [0.1, 0.15) is 11.7 Å². The van der Waals surface area contributed by atoms with E-state index in [1.165, 1.54) is 32.7 Å². The summed E-state index contributed by atoms with van der Waals surface area (Å²) in [5, 5.41) is 2.65. The highest BCUT2D eigenvalue weighted by Crippen LogP contribution is 2.41. The highest BCUT2D eigenvalue weighted by Gasteiger charge is 2.37. The van der Waals surface area contributed by atoms with E-state index in [2.05, 4.69) is 4.98 Å². The molecule has 0 N–H and O–H groups in total. The van der Waals surface area contributed by atoms with E-state index in [4.69, 9.17) is 18.9 Å². The molecule has 0 radical (unpaired) electrons. The van der Waals surface area contributed by atoms with Gasteiger partial charge in [-0.2, -0.15) is 0 Å². The normalized spacial score (nSPS) is 18.0.